The lowest BCUT2D eigenvalue weighted by Crippen LogP contribution is -2.46. The van der Waals surface area contributed by atoms with Crippen LogP contribution in [-0.2, 0) is 0 Å². The van der Waals surface area contributed by atoms with Crippen LogP contribution in [0.3, 0.4) is 0 Å². The molecule has 0 aliphatic rings. The summed E-state index contributed by atoms with van der Waals surface area (Å²) >= 11 is 0. The van der Waals surface area contributed by atoms with Crippen molar-refractivity contribution in [1.29, 1.82) is 0 Å². The van der Waals surface area contributed by atoms with Crippen LogP contribution in [-0.4, -0.2) is 31.6 Å². The van der Waals surface area contributed by atoms with Gasteiger partial charge in [0, 0.05) is 5.54 Å². The average Bonchev–Trinajstić information content (AvgIpc) is 2.20. The summed E-state index contributed by atoms with van der Waals surface area (Å²) in [6.07, 6.45) is 0. The van der Waals surface area contributed by atoms with Gasteiger partial charge in [-0.2, -0.15) is 0 Å². The predicted octanol–water partition coefficient (Wildman–Crippen LogP) is 2.65. The minimum absolute atomic E-state index is 0.183. The molecule has 0 aliphatic heterocycles. The van der Waals surface area contributed by atoms with E-state index in [1.54, 1.807) is 7.11 Å². The lowest BCUT2D eigenvalue weighted by molar-refractivity contribution is 0.204. The smallest absolute Gasteiger partial charge is 0.122 e. The fourth-order valence-electron chi connectivity index (χ4n) is 2.67. The van der Waals surface area contributed by atoms with Gasteiger partial charge in [-0.25, -0.2) is 0 Å². The van der Waals surface area contributed by atoms with Gasteiger partial charge in [-0.3, -0.25) is 0 Å². The average molecular weight is 250 g/mol. The Bertz CT molecular complexity index is 419. The van der Waals surface area contributed by atoms with Crippen molar-refractivity contribution in [1.82, 2.24) is 4.90 Å². The summed E-state index contributed by atoms with van der Waals surface area (Å²) in [5.74, 6) is 0.934. The first-order chi connectivity index (χ1) is 8.18. The molecule has 1 rings (SSSR count). The predicted molar refractivity (Wildman–Crippen MR) is 77.2 cm³/mol. The van der Waals surface area contributed by atoms with Gasteiger partial charge in [0.2, 0.25) is 0 Å². The molecule has 18 heavy (non-hydrogen) atoms. The van der Waals surface area contributed by atoms with Crippen molar-refractivity contribution in [2.45, 2.75) is 39.3 Å². The first kappa shape index (κ1) is 15.0. The fraction of sp³-hybridized carbons (Fsp3) is 0.600. The number of hydrogen-bond acceptors (Lipinski definition) is 3. The Morgan fingerprint density at radius 1 is 1.17 bits per heavy atom. The van der Waals surface area contributed by atoms with Gasteiger partial charge in [0.15, 0.2) is 0 Å². The number of methoxy groups -OCH3 is 1. The van der Waals surface area contributed by atoms with Crippen LogP contribution < -0.4 is 10.5 Å². The first-order valence-corrected chi connectivity index (χ1v) is 6.29. The monoisotopic (exact) mass is 250 g/mol. The maximum absolute atomic E-state index is 6.33. The van der Waals surface area contributed by atoms with Crippen LogP contribution in [0.1, 0.15) is 36.6 Å². The van der Waals surface area contributed by atoms with E-state index in [9.17, 15) is 0 Å². The molecular formula is C15H26N2O. The summed E-state index contributed by atoms with van der Waals surface area (Å²) in [6, 6.07) is 4.46. The Kier molecular flexibility index (Phi) is 4.41. The van der Waals surface area contributed by atoms with Crippen LogP contribution in [0.5, 0.6) is 5.75 Å². The van der Waals surface area contributed by atoms with Gasteiger partial charge in [0.05, 0.1) is 13.2 Å². The first-order valence-electron chi connectivity index (χ1n) is 6.29. The van der Waals surface area contributed by atoms with Gasteiger partial charge in [-0.05, 0) is 64.5 Å². The van der Waals surface area contributed by atoms with Crippen LogP contribution in [0.4, 0.5) is 0 Å². The number of benzene rings is 1. The van der Waals surface area contributed by atoms with Gasteiger partial charge in [-0.15, -0.1) is 0 Å². The van der Waals surface area contributed by atoms with Gasteiger partial charge in [0.25, 0.3) is 0 Å². The number of rotatable bonds is 4. The standard InChI is InChI=1S/C15H26N2O/c1-10-9-13(18-7)11(2)8-12(10)14(17(5)6)15(3,4)16/h8-9,14H,16H2,1-7H3. The van der Waals surface area contributed by atoms with Crippen molar-refractivity contribution in [2.75, 3.05) is 21.2 Å². The maximum Gasteiger partial charge on any atom is 0.122 e. The summed E-state index contributed by atoms with van der Waals surface area (Å²) < 4.78 is 5.36. The zero-order chi connectivity index (χ0) is 14.1. The summed E-state index contributed by atoms with van der Waals surface area (Å²) in [5, 5.41) is 0. The van der Waals surface area contributed by atoms with Gasteiger partial charge < -0.3 is 15.4 Å². The Hall–Kier alpha value is -1.06. The zero-order valence-corrected chi connectivity index (χ0v) is 12.7. The third-order valence-corrected chi connectivity index (χ3v) is 3.30. The molecule has 0 heterocycles. The molecule has 2 N–H and O–H groups in total. The van der Waals surface area contributed by atoms with Crippen molar-refractivity contribution >= 4 is 0 Å². The molecule has 0 saturated carbocycles. The van der Waals surface area contributed by atoms with E-state index >= 15 is 0 Å². The molecule has 0 spiro atoms. The molecule has 3 heteroatoms. The molecule has 0 aliphatic carbocycles. The largest absolute Gasteiger partial charge is 0.496 e. The van der Waals surface area contributed by atoms with E-state index in [1.165, 1.54) is 11.1 Å². The number of nitrogens with two attached hydrogens (primary N) is 1. The topological polar surface area (TPSA) is 38.5 Å². The normalized spacial score (nSPS) is 13.8. The second-order valence-electron chi connectivity index (χ2n) is 5.87. The number of ether oxygens (including phenoxy) is 1. The van der Waals surface area contributed by atoms with E-state index in [0.717, 1.165) is 11.3 Å². The number of hydrogen-bond donors (Lipinski definition) is 1. The molecule has 1 unspecified atom stereocenters. The molecule has 0 fully saturated rings. The Morgan fingerprint density at radius 3 is 2.11 bits per heavy atom. The Morgan fingerprint density at radius 2 is 1.72 bits per heavy atom. The number of likely N-dealkylation sites (N-methyl/N-ethyl adjacent to an activating group) is 1. The van der Waals surface area contributed by atoms with Gasteiger partial charge >= 0.3 is 0 Å². The van der Waals surface area contributed by atoms with E-state index in [1.807, 2.05) is 0 Å². The van der Waals surface area contributed by atoms with Crippen LogP contribution in [0, 0.1) is 13.8 Å². The minimum atomic E-state index is -0.296. The van der Waals surface area contributed by atoms with Gasteiger partial charge in [0.1, 0.15) is 5.75 Å². The van der Waals surface area contributed by atoms with Crippen molar-refractivity contribution in [3.63, 3.8) is 0 Å². The van der Waals surface area contributed by atoms with E-state index < -0.39 is 0 Å². The molecule has 0 aromatic heterocycles. The maximum atomic E-state index is 6.33. The van der Waals surface area contributed by atoms with Crippen LogP contribution in [0.25, 0.3) is 0 Å². The fourth-order valence-corrected chi connectivity index (χ4v) is 2.67. The second-order valence-corrected chi connectivity index (χ2v) is 5.87. The number of aryl methyl sites for hydroxylation is 2. The number of nitrogens with zero attached hydrogens (tertiary/aromatic N) is 1. The third kappa shape index (κ3) is 3.03. The van der Waals surface area contributed by atoms with E-state index in [-0.39, 0.29) is 11.6 Å². The van der Waals surface area contributed by atoms with Gasteiger partial charge in [-0.1, -0.05) is 6.07 Å². The summed E-state index contributed by atoms with van der Waals surface area (Å²) in [4.78, 5) is 2.17. The van der Waals surface area contributed by atoms with Crippen molar-refractivity contribution in [2.24, 2.45) is 5.73 Å². The minimum Gasteiger partial charge on any atom is -0.496 e. The highest BCUT2D eigenvalue weighted by atomic mass is 16.5. The van der Waals surface area contributed by atoms with Crippen LogP contribution >= 0.6 is 0 Å². The molecule has 0 saturated heterocycles. The van der Waals surface area contributed by atoms with Crippen molar-refractivity contribution in [3.8, 4) is 5.75 Å². The summed E-state index contributed by atoms with van der Waals surface area (Å²) in [7, 11) is 5.84. The van der Waals surface area contributed by atoms with E-state index in [4.69, 9.17) is 10.5 Å². The molecule has 1 aromatic rings. The lowest BCUT2D eigenvalue weighted by atomic mass is 9.85. The molecular weight excluding hydrogens is 224 g/mol. The summed E-state index contributed by atoms with van der Waals surface area (Å²) in [6.45, 7) is 8.31. The van der Waals surface area contributed by atoms with Crippen molar-refractivity contribution < 1.29 is 4.74 Å². The Labute approximate surface area is 111 Å². The molecule has 1 atom stereocenters. The molecule has 102 valence electrons. The summed E-state index contributed by atoms with van der Waals surface area (Å²) in [5.41, 5.74) is 9.67. The second kappa shape index (κ2) is 5.29. The van der Waals surface area contributed by atoms with E-state index in [2.05, 4.69) is 58.8 Å². The quantitative estimate of drug-likeness (QED) is 0.893. The zero-order valence-electron chi connectivity index (χ0n) is 12.7. The highest BCUT2D eigenvalue weighted by Gasteiger charge is 2.30. The highest BCUT2D eigenvalue weighted by molar-refractivity contribution is 5.43. The van der Waals surface area contributed by atoms with Crippen LogP contribution in [0.2, 0.25) is 0 Å². The van der Waals surface area contributed by atoms with Crippen molar-refractivity contribution in [3.05, 3.63) is 28.8 Å². The third-order valence-electron chi connectivity index (χ3n) is 3.30. The molecule has 0 bridgehead atoms. The Balaban J connectivity index is 3.34. The molecule has 3 nitrogen and oxygen atoms in total. The molecule has 0 amide bonds. The van der Waals surface area contributed by atoms with E-state index in [0.29, 0.717) is 0 Å². The highest BCUT2D eigenvalue weighted by Crippen LogP contribution is 2.33. The molecule has 1 aromatic carbocycles. The lowest BCUT2D eigenvalue weighted by Gasteiger charge is -2.37. The molecule has 0 radical (unpaired) electrons. The van der Waals surface area contributed by atoms with Crippen LogP contribution in [0.15, 0.2) is 12.1 Å². The SMILES string of the molecule is COc1cc(C)c(C(N(C)C)C(C)(C)N)cc1C.